The summed E-state index contributed by atoms with van der Waals surface area (Å²) in [5.74, 6) is 0. The van der Waals surface area contributed by atoms with E-state index in [9.17, 15) is 0 Å². The molecule has 1 aliphatic heterocycles. The van der Waals surface area contributed by atoms with Crippen LogP contribution in [-0.2, 0) is 0 Å². The van der Waals surface area contributed by atoms with Crippen molar-refractivity contribution in [1.29, 1.82) is 0 Å². The van der Waals surface area contributed by atoms with Crippen LogP contribution in [0.4, 0.5) is 0 Å². The molecular formula is C14H36Cl2KNaSi4. The molecule has 1 fully saturated rings. The number of hydrogen-bond donors (Lipinski definition) is 0. The van der Waals surface area contributed by atoms with Gasteiger partial charge in [-0.3, -0.25) is 0 Å². The third-order valence-corrected chi connectivity index (χ3v) is 33.3. The van der Waals surface area contributed by atoms with E-state index in [0.717, 1.165) is 5.67 Å². The fraction of sp³-hybridized carbons (Fsp3) is 1.00. The summed E-state index contributed by atoms with van der Waals surface area (Å²) in [5, 5.41) is 0. The van der Waals surface area contributed by atoms with Gasteiger partial charge >= 0.3 is 55.7 Å². The Morgan fingerprint density at radius 1 is 0.773 bits per heavy atom. The Morgan fingerprint density at radius 3 is 1.23 bits per heavy atom. The molecule has 0 aromatic rings. The molecule has 0 spiro atoms. The van der Waals surface area contributed by atoms with Gasteiger partial charge in [0.15, 0.2) is 0 Å². The summed E-state index contributed by atoms with van der Waals surface area (Å²) in [6, 6.07) is 3.23. The zero-order chi connectivity index (χ0) is 18.2. The van der Waals surface area contributed by atoms with Crippen LogP contribution in [0.2, 0.25) is 70.1 Å². The van der Waals surface area contributed by atoms with Gasteiger partial charge < -0.3 is 0 Å². The standard InChI is InChI=1S/C9H22Si2.C5H14Cl2Si2.K.Na/c1-10(2)8-6-5-7-9-11(10,3)4;1-8(2,6)5-9(3,4)7;;/h5-9H2,1-4H3;5H2,1-4H3;;. The Bertz CT molecular complexity index is 274. The van der Waals surface area contributed by atoms with E-state index >= 15 is 0 Å². The van der Waals surface area contributed by atoms with Crippen molar-refractivity contribution < 1.29 is 0 Å². The number of halogens is 2. The first kappa shape index (κ1) is 28.3. The van der Waals surface area contributed by atoms with Crippen molar-refractivity contribution >= 4 is 108 Å². The molecule has 0 bridgehead atoms. The number of hydrogen-bond acceptors (Lipinski definition) is 0. The topological polar surface area (TPSA) is 0 Å². The Morgan fingerprint density at radius 2 is 1.05 bits per heavy atom. The third kappa shape index (κ3) is 15.2. The Labute approximate surface area is 193 Å². The van der Waals surface area contributed by atoms with Crippen LogP contribution in [0.15, 0.2) is 0 Å². The van der Waals surface area contributed by atoms with Crippen LogP contribution in [0.25, 0.3) is 0 Å². The molecule has 0 aliphatic carbocycles. The van der Waals surface area contributed by atoms with Crippen LogP contribution in [0.1, 0.15) is 19.3 Å². The van der Waals surface area contributed by atoms with Gasteiger partial charge in [-0.25, -0.2) is 0 Å². The van der Waals surface area contributed by atoms with Crippen molar-refractivity contribution in [2.75, 3.05) is 0 Å². The minimum atomic E-state index is -1.39. The van der Waals surface area contributed by atoms with E-state index < -0.39 is 30.0 Å². The van der Waals surface area contributed by atoms with Gasteiger partial charge in [-0.2, -0.15) is 22.2 Å². The molecule has 0 N–H and O–H groups in total. The molecule has 1 rings (SSSR count). The molecule has 1 saturated heterocycles. The summed E-state index contributed by atoms with van der Waals surface area (Å²) in [6.07, 6.45) is 4.60. The van der Waals surface area contributed by atoms with Gasteiger partial charge in [0.2, 0.25) is 0 Å². The van der Waals surface area contributed by atoms with Crippen LogP contribution >= 0.6 is 22.2 Å². The summed E-state index contributed by atoms with van der Waals surface area (Å²) in [7, 11) is -4.24. The van der Waals surface area contributed by atoms with Gasteiger partial charge in [0.05, 0.1) is 0 Å². The molecule has 1 heterocycles. The fourth-order valence-corrected chi connectivity index (χ4v) is 26.4. The van der Waals surface area contributed by atoms with Crippen molar-refractivity contribution in [3.8, 4) is 0 Å². The van der Waals surface area contributed by atoms with E-state index in [1.807, 2.05) is 0 Å². The van der Waals surface area contributed by atoms with E-state index in [2.05, 4.69) is 52.4 Å². The van der Waals surface area contributed by atoms with Crippen molar-refractivity contribution in [3.63, 3.8) is 0 Å². The van der Waals surface area contributed by atoms with Gasteiger partial charge in [0, 0.05) is 15.2 Å². The van der Waals surface area contributed by atoms with E-state index in [-0.39, 0.29) is 0 Å². The van der Waals surface area contributed by atoms with Gasteiger partial charge in [-0.05, 0) is 5.67 Å². The first-order chi connectivity index (χ1) is 9.66. The van der Waals surface area contributed by atoms with Gasteiger partial charge in [-0.15, -0.1) is 0 Å². The first-order valence-corrected chi connectivity index (χ1v) is 36.3. The predicted molar refractivity (Wildman–Crippen MR) is 121 cm³/mol. The van der Waals surface area contributed by atoms with Gasteiger partial charge in [0.25, 0.3) is 0 Å². The molecular weight excluding hydrogens is 413 g/mol. The molecule has 1 aliphatic rings. The molecule has 8 heteroatoms. The molecule has 0 unspecified atom stereocenters. The molecule has 0 amide bonds. The first-order valence-electron chi connectivity index (χ1n) is 9.04. The average molecular weight is 450 g/mol. The van der Waals surface area contributed by atoms with Crippen molar-refractivity contribution in [2.24, 2.45) is 0 Å². The molecule has 0 aromatic carbocycles. The van der Waals surface area contributed by atoms with Crippen LogP contribution in [0.3, 0.4) is 0 Å². The predicted octanol–water partition coefficient (Wildman–Crippen LogP) is 6.32. The zero-order valence-corrected chi connectivity index (χ0v) is 27.6. The van der Waals surface area contributed by atoms with Gasteiger partial charge in [0.1, 0.15) is 14.8 Å². The summed E-state index contributed by atoms with van der Waals surface area (Å²) in [5.41, 5.74) is 1.10. The molecule has 0 saturated carbocycles. The maximum absolute atomic E-state index is 6.11. The second-order valence-electron chi connectivity index (χ2n) is 8.94. The Hall–Kier alpha value is 4.08. The quantitative estimate of drug-likeness (QED) is 0.342. The molecule has 0 aromatic heterocycles. The Kier molecular flexibility index (Phi) is 16.1. The van der Waals surface area contributed by atoms with Crippen LogP contribution < -0.4 is 0 Å². The van der Waals surface area contributed by atoms with Crippen molar-refractivity contribution in [2.45, 2.75) is 89.4 Å². The minimum absolute atomic E-state index is 0.730. The Balaban J connectivity index is 0. The maximum atomic E-state index is 6.11. The molecule has 0 atom stereocenters. The summed E-state index contributed by atoms with van der Waals surface area (Å²) in [4.78, 5) is 0. The third-order valence-electron chi connectivity index (χ3n) is 4.78. The van der Waals surface area contributed by atoms with Crippen LogP contribution in [0.5, 0.6) is 0 Å². The summed E-state index contributed by atoms with van der Waals surface area (Å²) < 4.78 is 0. The van der Waals surface area contributed by atoms with Crippen molar-refractivity contribution in [1.82, 2.24) is 0 Å². The second-order valence-corrected chi connectivity index (χ2v) is 40.0. The molecule has 0 radical (unpaired) electrons. The van der Waals surface area contributed by atoms with Crippen LogP contribution in [-0.4, -0.2) is 85.7 Å². The normalized spacial score (nSPS) is 20.8. The van der Waals surface area contributed by atoms with Crippen molar-refractivity contribution in [3.05, 3.63) is 0 Å². The van der Waals surface area contributed by atoms with E-state index in [4.69, 9.17) is 22.2 Å². The van der Waals surface area contributed by atoms with E-state index in [0.29, 0.717) is 0 Å². The number of rotatable bonds is 2. The average Bonchev–Trinajstić information content (AvgIpc) is 2.37. The molecule has 124 valence electrons. The summed E-state index contributed by atoms with van der Waals surface area (Å²) in [6.45, 7) is 19.1. The van der Waals surface area contributed by atoms with E-state index in [1.165, 1.54) is 75.0 Å². The van der Waals surface area contributed by atoms with Gasteiger partial charge in [-0.1, -0.05) is 83.7 Å². The zero-order valence-electron chi connectivity index (χ0n) is 17.0. The SMILES string of the molecule is C[Si](C)(Cl)C[Si](C)(C)Cl.C[Si]1(C)CCCCC[Si]1(C)C.[Na][K]. The second kappa shape index (κ2) is 12.5. The monoisotopic (exact) mass is 448 g/mol. The van der Waals surface area contributed by atoms with Crippen LogP contribution in [0, 0.1) is 0 Å². The molecule has 0 nitrogen and oxygen atoms in total. The van der Waals surface area contributed by atoms with E-state index in [1.54, 1.807) is 12.1 Å². The molecule has 22 heavy (non-hydrogen) atoms. The fourth-order valence-electron chi connectivity index (χ4n) is 2.99. The summed E-state index contributed by atoms with van der Waals surface area (Å²) >= 11 is 14.9.